The monoisotopic (exact) mass is 431 g/mol. The average Bonchev–Trinajstić information content (AvgIpc) is 3.14. The fraction of sp³-hybridized carbons (Fsp3) is 0.381. The van der Waals surface area contributed by atoms with E-state index in [4.69, 9.17) is 4.74 Å². The van der Waals surface area contributed by atoms with Gasteiger partial charge in [-0.05, 0) is 44.7 Å². The summed E-state index contributed by atoms with van der Waals surface area (Å²) in [6, 6.07) is 8.33. The molecule has 2 aromatic rings. The molecule has 0 saturated heterocycles. The smallest absolute Gasteiger partial charge is 0.258 e. The number of sulfone groups is 1. The molecule has 0 spiro atoms. The van der Waals surface area contributed by atoms with Crippen LogP contribution in [0, 0.1) is 0 Å². The van der Waals surface area contributed by atoms with Crippen LogP contribution in [0.4, 0.5) is 0 Å². The number of carbonyl (C=O) groups is 1. The molecular formula is C21H25N3O5S. The first-order chi connectivity index (χ1) is 14.2. The van der Waals surface area contributed by atoms with Crippen molar-refractivity contribution in [1.29, 1.82) is 0 Å². The number of rotatable bonds is 7. The van der Waals surface area contributed by atoms with E-state index < -0.39 is 27.4 Å². The minimum Gasteiger partial charge on any atom is -0.438 e. The number of ether oxygens (including phenoxy) is 1. The summed E-state index contributed by atoms with van der Waals surface area (Å²) in [5.74, 6) is 0.229. The van der Waals surface area contributed by atoms with Crippen molar-refractivity contribution in [1.82, 2.24) is 15.3 Å². The Kier molecular flexibility index (Phi) is 6.52. The maximum Gasteiger partial charge on any atom is 0.258 e. The maximum absolute atomic E-state index is 12.8. The van der Waals surface area contributed by atoms with Crippen molar-refractivity contribution in [2.45, 2.75) is 44.2 Å². The molecule has 1 amide bonds. The van der Waals surface area contributed by atoms with E-state index in [1.807, 2.05) is 6.07 Å². The summed E-state index contributed by atoms with van der Waals surface area (Å²) in [5.41, 5.74) is -1.04. The highest BCUT2D eigenvalue weighted by Crippen LogP contribution is 2.37. The van der Waals surface area contributed by atoms with Crippen LogP contribution in [0.15, 0.2) is 48.0 Å². The Hall–Kier alpha value is -2.78. The van der Waals surface area contributed by atoms with Crippen molar-refractivity contribution in [3.8, 4) is 11.6 Å². The molecule has 1 aromatic heterocycles. The molecule has 1 unspecified atom stereocenters. The Morgan fingerprint density at radius 3 is 2.57 bits per heavy atom. The first kappa shape index (κ1) is 21.9. The first-order valence-electron chi connectivity index (χ1n) is 9.68. The third-order valence-corrected chi connectivity index (χ3v) is 5.43. The predicted molar refractivity (Wildman–Crippen MR) is 112 cm³/mol. The van der Waals surface area contributed by atoms with Crippen LogP contribution in [-0.4, -0.2) is 41.7 Å². The number of nitrogens with zero attached hydrogens (tertiary/aromatic N) is 2. The Bertz CT molecular complexity index is 1030. The molecular weight excluding hydrogens is 406 g/mol. The van der Waals surface area contributed by atoms with Gasteiger partial charge >= 0.3 is 0 Å². The van der Waals surface area contributed by atoms with Gasteiger partial charge in [0.2, 0.25) is 5.88 Å². The molecule has 160 valence electrons. The van der Waals surface area contributed by atoms with Gasteiger partial charge in [-0.1, -0.05) is 24.3 Å². The lowest BCUT2D eigenvalue weighted by atomic mass is 10.0. The summed E-state index contributed by atoms with van der Waals surface area (Å²) >= 11 is 0. The highest BCUT2D eigenvalue weighted by Gasteiger charge is 2.37. The van der Waals surface area contributed by atoms with Crippen LogP contribution >= 0.6 is 0 Å². The van der Waals surface area contributed by atoms with E-state index in [1.54, 1.807) is 31.2 Å². The molecule has 0 bridgehead atoms. The molecule has 1 aromatic carbocycles. The minimum absolute atomic E-state index is 0.0308. The van der Waals surface area contributed by atoms with Crippen LogP contribution in [0.2, 0.25) is 0 Å². The quantitative estimate of drug-likeness (QED) is 0.692. The van der Waals surface area contributed by atoms with Gasteiger partial charge in [0.1, 0.15) is 16.9 Å². The Balaban J connectivity index is 1.90. The first-order valence-corrected chi connectivity index (χ1v) is 11.6. The highest BCUT2D eigenvalue weighted by atomic mass is 32.2. The van der Waals surface area contributed by atoms with Gasteiger partial charge in [0.05, 0.1) is 0 Å². The predicted octanol–water partition coefficient (Wildman–Crippen LogP) is 2.71. The lowest BCUT2D eigenvalue weighted by Crippen LogP contribution is -2.32. The molecule has 1 aliphatic rings. The molecule has 3 rings (SSSR count). The van der Waals surface area contributed by atoms with Crippen molar-refractivity contribution in [2.24, 2.45) is 0 Å². The number of hydrogen-bond acceptors (Lipinski definition) is 7. The van der Waals surface area contributed by atoms with Gasteiger partial charge in [-0.25, -0.2) is 13.4 Å². The number of hydrogen-bond donors (Lipinski definition) is 2. The van der Waals surface area contributed by atoms with Crippen molar-refractivity contribution in [3.63, 3.8) is 0 Å². The van der Waals surface area contributed by atoms with E-state index in [0.717, 1.165) is 24.5 Å². The average molecular weight is 432 g/mol. The molecule has 0 radical (unpaired) electrons. The van der Waals surface area contributed by atoms with Gasteiger partial charge in [0, 0.05) is 23.9 Å². The molecule has 0 aliphatic heterocycles. The van der Waals surface area contributed by atoms with E-state index in [2.05, 4.69) is 15.3 Å². The van der Waals surface area contributed by atoms with Crippen LogP contribution in [0.3, 0.4) is 0 Å². The van der Waals surface area contributed by atoms with Crippen LogP contribution in [-0.2, 0) is 15.4 Å². The van der Waals surface area contributed by atoms with Crippen LogP contribution < -0.4 is 10.1 Å². The topological polar surface area (TPSA) is 118 Å². The Morgan fingerprint density at radius 2 is 1.93 bits per heavy atom. The Morgan fingerprint density at radius 1 is 1.27 bits per heavy atom. The summed E-state index contributed by atoms with van der Waals surface area (Å²) in [6.45, 7) is 1.65. The molecule has 1 atom stereocenters. The van der Waals surface area contributed by atoms with Gasteiger partial charge in [-0.3, -0.25) is 4.79 Å². The number of aliphatic hydroxyl groups is 1. The lowest BCUT2D eigenvalue weighted by Gasteiger charge is -2.21. The van der Waals surface area contributed by atoms with E-state index >= 15 is 0 Å². The number of nitrogens with one attached hydrogen (secondary N) is 1. The third kappa shape index (κ3) is 5.64. The fourth-order valence-corrected chi connectivity index (χ4v) is 3.72. The van der Waals surface area contributed by atoms with E-state index in [-0.39, 0.29) is 17.3 Å². The molecule has 2 N–H and O–H groups in total. The molecule has 9 heteroatoms. The van der Waals surface area contributed by atoms with Gasteiger partial charge in [0.25, 0.3) is 5.91 Å². The molecule has 1 fully saturated rings. The molecule has 30 heavy (non-hydrogen) atoms. The normalized spacial score (nSPS) is 17.0. The largest absolute Gasteiger partial charge is 0.438 e. The number of para-hydroxylation sites is 1. The number of amides is 1. The standard InChI is InChI=1S/C21H25N3O5S/c1-15(10-13-30(2,27)28)23-18(25)17-14-22-20(21(26)11-6-7-12-21)24-19(17)29-16-8-4-3-5-9-16/h3-5,8-10,13-15,26H,6-7,11-12H2,1-2H3,(H,23,25)/b13-10+. The zero-order chi connectivity index (χ0) is 21.8. The second-order valence-corrected chi connectivity index (χ2v) is 9.42. The van der Waals surface area contributed by atoms with Gasteiger partial charge in [0.15, 0.2) is 15.7 Å². The summed E-state index contributed by atoms with van der Waals surface area (Å²) in [7, 11) is -3.30. The lowest BCUT2D eigenvalue weighted by molar-refractivity contribution is 0.0344. The van der Waals surface area contributed by atoms with Crippen LogP contribution in [0.1, 0.15) is 48.8 Å². The second-order valence-electron chi connectivity index (χ2n) is 7.49. The Labute approximate surface area is 175 Å². The molecule has 1 heterocycles. The van der Waals surface area contributed by atoms with Crippen LogP contribution in [0.25, 0.3) is 0 Å². The van der Waals surface area contributed by atoms with Gasteiger partial charge in [-0.2, -0.15) is 4.98 Å². The third-order valence-electron chi connectivity index (χ3n) is 4.78. The summed E-state index contributed by atoms with van der Waals surface area (Å²) < 4.78 is 28.4. The van der Waals surface area contributed by atoms with Crippen molar-refractivity contribution in [2.75, 3.05) is 6.26 Å². The van der Waals surface area contributed by atoms with Crippen molar-refractivity contribution >= 4 is 15.7 Å². The van der Waals surface area contributed by atoms with Crippen molar-refractivity contribution in [3.05, 3.63) is 59.4 Å². The minimum atomic E-state index is -3.30. The van der Waals surface area contributed by atoms with E-state index in [0.29, 0.717) is 18.6 Å². The highest BCUT2D eigenvalue weighted by molar-refractivity contribution is 7.93. The summed E-state index contributed by atoms with van der Waals surface area (Å²) in [6.07, 6.45) is 6.64. The maximum atomic E-state index is 12.8. The number of carbonyl (C=O) groups excluding carboxylic acids is 1. The summed E-state index contributed by atoms with van der Waals surface area (Å²) in [5, 5.41) is 14.5. The molecule has 8 nitrogen and oxygen atoms in total. The van der Waals surface area contributed by atoms with E-state index in [1.165, 1.54) is 12.3 Å². The van der Waals surface area contributed by atoms with Crippen LogP contribution in [0.5, 0.6) is 11.6 Å². The van der Waals surface area contributed by atoms with E-state index in [9.17, 15) is 18.3 Å². The fourth-order valence-electron chi connectivity index (χ4n) is 3.20. The molecule has 1 saturated carbocycles. The number of aromatic nitrogens is 2. The zero-order valence-electron chi connectivity index (χ0n) is 16.9. The molecule has 1 aliphatic carbocycles. The number of benzene rings is 1. The zero-order valence-corrected chi connectivity index (χ0v) is 17.7. The summed E-state index contributed by atoms with van der Waals surface area (Å²) in [4.78, 5) is 21.4. The second kappa shape index (κ2) is 8.93. The van der Waals surface area contributed by atoms with Crippen molar-refractivity contribution < 1.29 is 23.1 Å². The van der Waals surface area contributed by atoms with Gasteiger partial charge < -0.3 is 15.2 Å². The SMILES string of the molecule is CC(/C=C/S(C)(=O)=O)NC(=O)c1cnc(C2(O)CCCC2)nc1Oc1ccccc1. The van der Waals surface area contributed by atoms with Gasteiger partial charge in [-0.15, -0.1) is 0 Å².